The van der Waals surface area contributed by atoms with E-state index in [1.54, 1.807) is 11.3 Å². The molecule has 0 unspecified atom stereocenters. The minimum Gasteiger partial charge on any atom is -0.357 e. The standard InChI is InChI=1S/C12H15BrN4S/c1-8-5-15-12(14-2)16-11(8)17(3)6-10-4-9(13)7-18-10/h4-5,7H,6H2,1-3H3,(H,14,15,16). The van der Waals surface area contributed by atoms with Gasteiger partial charge in [-0.25, -0.2) is 4.98 Å². The average molecular weight is 327 g/mol. The number of rotatable bonds is 4. The smallest absolute Gasteiger partial charge is 0.224 e. The molecule has 0 bridgehead atoms. The van der Waals surface area contributed by atoms with Gasteiger partial charge in [0.15, 0.2) is 0 Å². The molecule has 0 spiro atoms. The van der Waals surface area contributed by atoms with Gasteiger partial charge in [-0.1, -0.05) is 0 Å². The Labute approximate surface area is 119 Å². The van der Waals surface area contributed by atoms with Gasteiger partial charge in [-0.2, -0.15) is 4.98 Å². The first-order valence-electron chi connectivity index (χ1n) is 5.55. The highest BCUT2D eigenvalue weighted by molar-refractivity contribution is 9.10. The Hall–Kier alpha value is -1.14. The van der Waals surface area contributed by atoms with Gasteiger partial charge < -0.3 is 10.2 Å². The molecule has 2 aromatic heterocycles. The molecule has 0 saturated heterocycles. The van der Waals surface area contributed by atoms with Crippen molar-refractivity contribution in [1.29, 1.82) is 0 Å². The Kier molecular flexibility index (Phi) is 4.19. The lowest BCUT2D eigenvalue weighted by Gasteiger charge is -2.19. The molecule has 4 nitrogen and oxygen atoms in total. The van der Waals surface area contributed by atoms with E-state index < -0.39 is 0 Å². The van der Waals surface area contributed by atoms with Gasteiger partial charge in [0.2, 0.25) is 5.95 Å². The van der Waals surface area contributed by atoms with Gasteiger partial charge in [-0.15, -0.1) is 11.3 Å². The number of thiophene rings is 1. The third kappa shape index (κ3) is 3.00. The van der Waals surface area contributed by atoms with Crippen molar-refractivity contribution in [3.63, 3.8) is 0 Å². The Bertz CT molecular complexity index is 541. The van der Waals surface area contributed by atoms with Crippen LogP contribution in [0.15, 0.2) is 22.1 Å². The summed E-state index contributed by atoms with van der Waals surface area (Å²) in [5.74, 6) is 1.61. The Morgan fingerprint density at radius 2 is 2.28 bits per heavy atom. The van der Waals surface area contributed by atoms with E-state index in [0.29, 0.717) is 5.95 Å². The van der Waals surface area contributed by atoms with E-state index >= 15 is 0 Å². The van der Waals surface area contributed by atoms with Crippen LogP contribution in [0.25, 0.3) is 0 Å². The monoisotopic (exact) mass is 326 g/mol. The van der Waals surface area contributed by atoms with Crippen LogP contribution in [0.4, 0.5) is 11.8 Å². The van der Waals surface area contributed by atoms with E-state index in [1.807, 2.05) is 27.2 Å². The van der Waals surface area contributed by atoms with E-state index in [-0.39, 0.29) is 0 Å². The molecule has 0 fully saturated rings. The molecule has 0 atom stereocenters. The van der Waals surface area contributed by atoms with E-state index in [0.717, 1.165) is 22.4 Å². The fraction of sp³-hybridized carbons (Fsp3) is 0.333. The lowest BCUT2D eigenvalue weighted by Crippen LogP contribution is -2.19. The molecule has 96 valence electrons. The first-order valence-corrected chi connectivity index (χ1v) is 7.23. The Morgan fingerprint density at radius 3 is 2.89 bits per heavy atom. The zero-order valence-electron chi connectivity index (χ0n) is 10.6. The summed E-state index contributed by atoms with van der Waals surface area (Å²) in [6.07, 6.45) is 1.84. The molecule has 0 aromatic carbocycles. The van der Waals surface area contributed by atoms with Crippen molar-refractivity contribution < 1.29 is 0 Å². The zero-order chi connectivity index (χ0) is 13.1. The molecule has 0 radical (unpaired) electrons. The summed E-state index contributed by atoms with van der Waals surface area (Å²) in [6, 6.07) is 2.14. The fourth-order valence-electron chi connectivity index (χ4n) is 1.69. The second kappa shape index (κ2) is 5.67. The van der Waals surface area contributed by atoms with Gasteiger partial charge >= 0.3 is 0 Å². The second-order valence-corrected chi connectivity index (χ2v) is 5.95. The van der Waals surface area contributed by atoms with Crippen LogP contribution >= 0.6 is 27.3 Å². The maximum Gasteiger partial charge on any atom is 0.224 e. The molecule has 2 rings (SSSR count). The number of nitrogens with zero attached hydrogens (tertiary/aromatic N) is 3. The van der Waals surface area contributed by atoms with Crippen LogP contribution in [0.2, 0.25) is 0 Å². The summed E-state index contributed by atoms with van der Waals surface area (Å²) in [7, 11) is 3.87. The summed E-state index contributed by atoms with van der Waals surface area (Å²) >= 11 is 5.21. The molecule has 6 heteroatoms. The Morgan fingerprint density at radius 1 is 1.50 bits per heavy atom. The van der Waals surface area contributed by atoms with Gasteiger partial charge in [-0.05, 0) is 28.9 Å². The summed E-state index contributed by atoms with van der Waals surface area (Å²) in [4.78, 5) is 12.1. The van der Waals surface area contributed by atoms with Crippen LogP contribution in [0.3, 0.4) is 0 Å². The highest BCUT2D eigenvalue weighted by Gasteiger charge is 2.10. The minimum absolute atomic E-state index is 0.648. The molecule has 18 heavy (non-hydrogen) atoms. The van der Waals surface area contributed by atoms with Crippen LogP contribution in [-0.2, 0) is 6.54 Å². The second-order valence-electron chi connectivity index (χ2n) is 4.04. The van der Waals surface area contributed by atoms with Gasteiger partial charge in [0, 0.05) is 40.6 Å². The lowest BCUT2D eigenvalue weighted by molar-refractivity contribution is 0.896. The highest BCUT2D eigenvalue weighted by atomic mass is 79.9. The van der Waals surface area contributed by atoms with Crippen molar-refractivity contribution in [1.82, 2.24) is 9.97 Å². The zero-order valence-corrected chi connectivity index (χ0v) is 13.0. The number of halogens is 1. The number of nitrogens with one attached hydrogen (secondary N) is 1. The van der Waals surface area contributed by atoms with Gasteiger partial charge in [0.1, 0.15) is 5.82 Å². The molecule has 0 saturated carbocycles. The van der Waals surface area contributed by atoms with Crippen molar-refractivity contribution in [2.45, 2.75) is 13.5 Å². The van der Waals surface area contributed by atoms with Crippen molar-refractivity contribution in [3.05, 3.63) is 32.6 Å². The maximum absolute atomic E-state index is 4.49. The van der Waals surface area contributed by atoms with E-state index in [1.165, 1.54) is 4.88 Å². The predicted octanol–water partition coefficient (Wildman–Crippen LogP) is 3.29. The van der Waals surface area contributed by atoms with Gasteiger partial charge in [-0.3, -0.25) is 0 Å². The van der Waals surface area contributed by atoms with Crippen molar-refractivity contribution in [2.24, 2.45) is 0 Å². The van der Waals surface area contributed by atoms with Crippen LogP contribution in [0.1, 0.15) is 10.4 Å². The SMILES string of the molecule is CNc1ncc(C)c(N(C)Cc2cc(Br)cs2)n1. The largest absolute Gasteiger partial charge is 0.357 e. The van der Waals surface area contributed by atoms with E-state index in [2.05, 4.69) is 47.6 Å². The first-order chi connectivity index (χ1) is 8.60. The topological polar surface area (TPSA) is 41.1 Å². The molecule has 0 aliphatic carbocycles. The Balaban J connectivity index is 2.20. The average Bonchev–Trinajstić information content (AvgIpc) is 2.75. The molecule has 0 amide bonds. The first kappa shape index (κ1) is 13.3. The van der Waals surface area contributed by atoms with Crippen LogP contribution in [0.5, 0.6) is 0 Å². The minimum atomic E-state index is 0.648. The third-order valence-electron chi connectivity index (χ3n) is 2.54. The number of anilines is 2. The van der Waals surface area contributed by atoms with Crippen LogP contribution in [0, 0.1) is 6.92 Å². The molecule has 0 aliphatic rings. The van der Waals surface area contributed by atoms with Crippen molar-refractivity contribution in [3.8, 4) is 0 Å². The molecular formula is C12H15BrN4S. The number of hydrogen-bond acceptors (Lipinski definition) is 5. The predicted molar refractivity (Wildman–Crippen MR) is 80.4 cm³/mol. The van der Waals surface area contributed by atoms with Crippen LogP contribution in [-0.4, -0.2) is 24.1 Å². The molecule has 2 aromatic rings. The van der Waals surface area contributed by atoms with Crippen molar-refractivity contribution in [2.75, 3.05) is 24.3 Å². The maximum atomic E-state index is 4.49. The molecule has 1 N–H and O–H groups in total. The van der Waals surface area contributed by atoms with Crippen molar-refractivity contribution >= 4 is 39.0 Å². The van der Waals surface area contributed by atoms with Gasteiger partial charge in [0.25, 0.3) is 0 Å². The summed E-state index contributed by atoms with van der Waals surface area (Å²) in [6.45, 7) is 2.87. The van der Waals surface area contributed by atoms with Crippen LogP contribution < -0.4 is 10.2 Å². The fourth-order valence-corrected chi connectivity index (χ4v) is 3.19. The van der Waals surface area contributed by atoms with E-state index in [9.17, 15) is 0 Å². The third-order valence-corrected chi connectivity index (χ3v) is 4.23. The number of aryl methyl sites for hydroxylation is 1. The van der Waals surface area contributed by atoms with Gasteiger partial charge in [0.05, 0.1) is 6.54 Å². The molecule has 2 heterocycles. The molecule has 0 aliphatic heterocycles. The summed E-state index contributed by atoms with van der Waals surface area (Å²) in [5, 5.41) is 5.06. The summed E-state index contributed by atoms with van der Waals surface area (Å²) < 4.78 is 1.13. The quantitative estimate of drug-likeness (QED) is 0.936. The highest BCUT2D eigenvalue weighted by Crippen LogP contribution is 2.24. The molecular weight excluding hydrogens is 312 g/mol. The number of hydrogen-bond donors (Lipinski definition) is 1. The number of aromatic nitrogens is 2. The van der Waals surface area contributed by atoms with E-state index in [4.69, 9.17) is 0 Å². The normalized spacial score (nSPS) is 10.4. The summed E-state index contributed by atoms with van der Waals surface area (Å²) in [5.41, 5.74) is 1.08. The lowest BCUT2D eigenvalue weighted by atomic mass is 10.3.